The molecule has 1 rings (SSSR count). The summed E-state index contributed by atoms with van der Waals surface area (Å²) in [6, 6.07) is 0. The Kier molecular flexibility index (Phi) is 3.22. The Hall–Kier alpha value is -1.62. The van der Waals surface area contributed by atoms with Crippen molar-refractivity contribution in [2.45, 2.75) is 6.54 Å². The number of hydrogen-bond donors (Lipinski definition) is 2. The van der Waals surface area contributed by atoms with Gasteiger partial charge < -0.3 is 10.5 Å². The fraction of sp³-hybridized carbons (Fsp3) is 0.250. The molecule has 0 aliphatic carbocycles. The topological polar surface area (TPSA) is 81.0 Å². The van der Waals surface area contributed by atoms with Gasteiger partial charge in [-0.25, -0.2) is 4.79 Å². The molecule has 1 heterocycles. The molecule has 0 atom stereocenters. The number of nitrogens with zero attached hydrogens (tertiary/aromatic N) is 1. The molecular formula is C8H11N3O2. The lowest BCUT2D eigenvalue weighted by molar-refractivity contribution is 0.0548. The number of hydrogen-bond acceptors (Lipinski definition) is 4. The molecule has 0 aliphatic heterocycles. The predicted molar refractivity (Wildman–Crippen MR) is 47.0 cm³/mol. The number of esters is 1. The van der Waals surface area contributed by atoms with Crippen molar-refractivity contribution in [1.82, 2.24) is 10.2 Å². The molecule has 0 fully saturated rings. The minimum atomic E-state index is -0.436. The van der Waals surface area contributed by atoms with Crippen LogP contribution in [0.15, 0.2) is 18.9 Å². The molecule has 0 radical (unpaired) electrons. The van der Waals surface area contributed by atoms with Gasteiger partial charge >= 0.3 is 5.97 Å². The zero-order valence-electron chi connectivity index (χ0n) is 7.12. The van der Waals surface area contributed by atoms with Gasteiger partial charge in [0.2, 0.25) is 0 Å². The minimum Gasteiger partial charge on any atom is -0.458 e. The van der Waals surface area contributed by atoms with Gasteiger partial charge in [0.05, 0.1) is 11.9 Å². The maximum absolute atomic E-state index is 11.3. The smallest absolute Gasteiger partial charge is 0.341 e. The van der Waals surface area contributed by atoms with Gasteiger partial charge in [-0.05, 0) is 0 Å². The highest BCUT2D eigenvalue weighted by molar-refractivity contribution is 5.90. The quantitative estimate of drug-likeness (QED) is 0.514. The van der Waals surface area contributed by atoms with E-state index >= 15 is 0 Å². The van der Waals surface area contributed by atoms with E-state index < -0.39 is 5.97 Å². The first-order chi connectivity index (χ1) is 6.29. The van der Waals surface area contributed by atoms with Gasteiger partial charge in [-0.3, -0.25) is 5.10 Å². The van der Waals surface area contributed by atoms with Crippen LogP contribution in [0.4, 0.5) is 0 Å². The Morgan fingerprint density at radius 3 is 3.23 bits per heavy atom. The SMILES string of the molecule is C=CCOC(=O)c1cn[nH]c1CN. The Morgan fingerprint density at radius 2 is 2.62 bits per heavy atom. The summed E-state index contributed by atoms with van der Waals surface area (Å²) in [6.07, 6.45) is 2.90. The monoisotopic (exact) mass is 181 g/mol. The highest BCUT2D eigenvalue weighted by Crippen LogP contribution is 2.05. The highest BCUT2D eigenvalue weighted by Gasteiger charge is 2.12. The standard InChI is InChI=1S/C8H11N3O2/c1-2-3-13-8(12)6-5-10-11-7(6)4-9/h2,5H,1,3-4,9H2,(H,10,11). The second kappa shape index (κ2) is 4.42. The van der Waals surface area contributed by atoms with E-state index in [-0.39, 0.29) is 13.2 Å². The molecule has 0 unspecified atom stereocenters. The molecule has 13 heavy (non-hydrogen) atoms. The van der Waals surface area contributed by atoms with Gasteiger partial charge in [0.15, 0.2) is 0 Å². The maximum Gasteiger partial charge on any atom is 0.341 e. The zero-order chi connectivity index (χ0) is 9.68. The van der Waals surface area contributed by atoms with Crippen molar-refractivity contribution in [3.8, 4) is 0 Å². The fourth-order valence-corrected chi connectivity index (χ4v) is 0.857. The first-order valence-electron chi connectivity index (χ1n) is 3.80. The van der Waals surface area contributed by atoms with Crippen molar-refractivity contribution < 1.29 is 9.53 Å². The lowest BCUT2D eigenvalue weighted by atomic mass is 10.2. The van der Waals surface area contributed by atoms with Crippen molar-refractivity contribution in [3.63, 3.8) is 0 Å². The number of carbonyl (C=O) groups is 1. The summed E-state index contributed by atoms with van der Waals surface area (Å²) < 4.78 is 4.81. The Morgan fingerprint density at radius 1 is 1.85 bits per heavy atom. The molecular weight excluding hydrogens is 170 g/mol. The summed E-state index contributed by atoms with van der Waals surface area (Å²) in [4.78, 5) is 11.3. The van der Waals surface area contributed by atoms with Crippen LogP contribution in [0.3, 0.4) is 0 Å². The molecule has 0 spiro atoms. The number of aromatic amines is 1. The van der Waals surface area contributed by atoms with Crippen LogP contribution < -0.4 is 5.73 Å². The van der Waals surface area contributed by atoms with Gasteiger partial charge in [0.1, 0.15) is 12.2 Å². The molecule has 3 N–H and O–H groups in total. The molecule has 1 aromatic heterocycles. The second-order valence-corrected chi connectivity index (χ2v) is 2.35. The first-order valence-corrected chi connectivity index (χ1v) is 3.80. The number of aromatic nitrogens is 2. The third kappa shape index (κ3) is 2.16. The van der Waals surface area contributed by atoms with E-state index in [1.165, 1.54) is 12.3 Å². The van der Waals surface area contributed by atoms with E-state index in [2.05, 4.69) is 16.8 Å². The summed E-state index contributed by atoms with van der Waals surface area (Å²) in [6.45, 7) is 3.85. The third-order valence-corrected chi connectivity index (χ3v) is 1.47. The maximum atomic E-state index is 11.3. The number of nitrogens with one attached hydrogen (secondary N) is 1. The number of ether oxygens (including phenoxy) is 1. The molecule has 0 aromatic carbocycles. The minimum absolute atomic E-state index is 0.189. The Balaban J connectivity index is 2.70. The van der Waals surface area contributed by atoms with Crippen LogP contribution in [0.2, 0.25) is 0 Å². The van der Waals surface area contributed by atoms with Crippen LogP contribution in [0.1, 0.15) is 16.1 Å². The van der Waals surface area contributed by atoms with Gasteiger partial charge in [0, 0.05) is 6.54 Å². The van der Waals surface area contributed by atoms with Crippen LogP contribution in [-0.2, 0) is 11.3 Å². The van der Waals surface area contributed by atoms with E-state index in [4.69, 9.17) is 10.5 Å². The lowest BCUT2D eigenvalue weighted by Gasteiger charge is -2.00. The summed E-state index contributed by atoms with van der Waals surface area (Å²) in [5.74, 6) is -0.436. The molecule has 5 nitrogen and oxygen atoms in total. The molecule has 0 amide bonds. The summed E-state index contributed by atoms with van der Waals surface area (Å²) >= 11 is 0. The predicted octanol–water partition coefficient (Wildman–Crippen LogP) is 0.211. The molecule has 1 aromatic rings. The summed E-state index contributed by atoms with van der Waals surface area (Å²) in [5.41, 5.74) is 6.32. The molecule has 5 heteroatoms. The van der Waals surface area contributed by atoms with E-state index in [0.717, 1.165) is 0 Å². The third-order valence-electron chi connectivity index (χ3n) is 1.47. The van der Waals surface area contributed by atoms with Crippen LogP contribution in [-0.4, -0.2) is 22.8 Å². The highest BCUT2D eigenvalue weighted by atomic mass is 16.5. The zero-order valence-corrected chi connectivity index (χ0v) is 7.12. The molecule has 0 saturated heterocycles. The van der Waals surface area contributed by atoms with E-state index in [1.54, 1.807) is 0 Å². The normalized spacial score (nSPS) is 9.62. The van der Waals surface area contributed by atoms with Crippen LogP contribution in [0, 0.1) is 0 Å². The van der Waals surface area contributed by atoms with Crippen molar-refractivity contribution in [2.75, 3.05) is 6.61 Å². The largest absolute Gasteiger partial charge is 0.458 e. The lowest BCUT2D eigenvalue weighted by Crippen LogP contribution is -2.09. The summed E-state index contributed by atoms with van der Waals surface area (Å²) in [7, 11) is 0. The van der Waals surface area contributed by atoms with Gasteiger partial charge in [-0.2, -0.15) is 5.10 Å². The van der Waals surface area contributed by atoms with Gasteiger partial charge in [-0.1, -0.05) is 12.7 Å². The molecule has 0 saturated carbocycles. The van der Waals surface area contributed by atoms with Crippen molar-refractivity contribution in [1.29, 1.82) is 0 Å². The van der Waals surface area contributed by atoms with Gasteiger partial charge in [0.25, 0.3) is 0 Å². The number of H-pyrrole nitrogens is 1. The number of rotatable bonds is 4. The van der Waals surface area contributed by atoms with E-state index in [0.29, 0.717) is 11.3 Å². The molecule has 0 bridgehead atoms. The Bertz CT molecular complexity index is 306. The van der Waals surface area contributed by atoms with Crippen LogP contribution >= 0.6 is 0 Å². The van der Waals surface area contributed by atoms with E-state index in [9.17, 15) is 4.79 Å². The first kappa shape index (κ1) is 9.47. The average molecular weight is 181 g/mol. The van der Waals surface area contributed by atoms with E-state index in [1.807, 2.05) is 0 Å². The summed E-state index contributed by atoms with van der Waals surface area (Å²) in [5, 5.41) is 6.30. The van der Waals surface area contributed by atoms with Gasteiger partial charge in [-0.15, -0.1) is 0 Å². The molecule has 70 valence electrons. The Labute approximate surface area is 75.6 Å². The average Bonchev–Trinajstić information content (AvgIpc) is 2.61. The van der Waals surface area contributed by atoms with Crippen molar-refractivity contribution in [2.24, 2.45) is 5.73 Å². The fourth-order valence-electron chi connectivity index (χ4n) is 0.857. The number of nitrogens with two attached hydrogens (primary N) is 1. The van der Waals surface area contributed by atoms with Crippen molar-refractivity contribution in [3.05, 3.63) is 30.1 Å². The second-order valence-electron chi connectivity index (χ2n) is 2.35. The van der Waals surface area contributed by atoms with Crippen LogP contribution in [0.5, 0.6) is 0 Å². The van der Waals surface area contributed by atoms with Crippen LogP contribution in [0.25, 0.3) is 0 Å². The van der Waals surface area contributed by atoms with Crippen molar-refractivity contribution >= 4 is 5.97 Å². The number of carbonyl (C=O) groups excluding carboxylic acids is 1. The molecule has 0 aliphatic rings.